The first kappa shape index (κ1) is 17.8. The van der Waals surface area contributed by atoms with Crippen LogP contribution in [0.4, 0.5) is 5.95 Å². The minimum atomic E-state index is -1.10. The molecule has 1 saturated heterocycles. The maximum absolute atomic E-state index is 6.84. The van der Waals surface area contributed by atoms with E-state index in [4.69, 9.17) is 4.74 Å². The third kappa shape index (κ3) is 2.65. The number of nitrogens with zero attached hydrogens (tertiary/aromatic N) is 6. The Hall–Kier alpha value is -4.06. The zero-order valence-electron chi connectivity index (χ0n) is 16.5. The standard InChI is InChI=1S/C19H21N11O/c1-2-14(21-4-1)19(15-3-5-24-27-15)30(18-22-6-7-23-18)17(29-10-8-20-9-11-29)16(31-19)13-12-25-28-26-13/h1-7,12,20-21H,8-11H2,(H,22,23)(H,24,27)(H,25,26,28). The molecule has 0 bridgehead atoms. The van der Waals surface area contributed by atoms with Gasteiger partial charge in [0.25, 0.3) is 5.72 Å². The Morgan fingerprint density at radius 1 is 1.00 bits per heavy atom. The van der Waals surface area contributed by atoms with Crippen LogP contribution in [0.2, 0.25) is 0 Å². The number of ether oxygens (including phenoxy) is 1. The molecule has 0 aromatic carbocycles. The maximum Gasteiger partial charge on any atom is 0.274 e. The van der Waals surface area contributed by atoms with E-state index in [1.165, 1.54) is 0 Å². The molecule has 1 fully saturated rings. The Morgan fingerprint density at radius 2 is 1.94 bits per heavy atom. The van der Waals surface area contributed by atoms with Crippen LogP contribution in [0.1, 0.15) is 17.1 Å². The van der Waals surface area contributed by atoms with E-state index in [0.717, 1.165) is 43.4 Å². The molecular weight excluding hydrogens is 398 g/mol. The fourth-order valence-electron chi connectivity index (χ4n) is 4.24. The van der Waals surface area contributed by atoms with E-state index in [2.05, 4.69) is 55.7 Å². The molecule has 6 rings (SSSR count). The van der Waals surface area contributed by atoms with E-state index in [1.54, 1.807) is 24.8 Å². The van der Waals surface area contributed by atoms with Crippen LogP contribution in [0.25, 0.3) is 5.76 Å². The number of anilines is 1. The highest BCUT2D eigenvalue weighted by Crippen LogP contribution is 2.50. The van der Waals surface area contributed by atoms with Crippen LogP contribution in [-0.2, 0) is 10.5 Å². The summed E-state index contributed by atoms with van der Waals surface area (Å²) in [5, 5.41) is 21.8. The van der Waals surface area contributed by atoms with Crippen molar-refractivity contribution in [1.29, 1.82) is 0 Å². The second-order valence-corrected chi connectivity index (χ2v) is 7.29. The van der Waals surface area contributed by atoms with Crippen LogP contribution in [0.15, 0.2) is 55.0 Å². The summed E-state index contributed by atoms with van der Waals surface area (Å²) in [6.45, 7) is 3.34. The summed E-state index contributed by atoms with van der Waals surface area (Å²) in [7, 11) is 0. The van der Waals surface area contributed by atoms with Crippen LogP contribution in [0, 0.1) is 0 Å². The molecule has 0 radical (unpaired) electrons. The number of rotatable bonds is 5. The van der Waals surface area contributed by atoms with E-state index in [0.29, 0.717) is 17.4 Å². The van der Waals surface area contributed by atoms with Crippen molar-refractivity contribution >= 4 is 11.7 Å². The van der Waals surface area contributed by atoms with Crippen molar-refractivity contribution in [2.45, 2.75) is 5.72 Å². The van der Waals surface area contributed by atoms with Crippen LogP contribution in [0.5, 0.6) is 0 Å². The lowest BCUT2D eigenvalue weighted by Gasteiger charge is -2.40. The van der Waals surface area contributed by atoms with E-state index >= 15 is 0 Å². The van der Waals surface area contributed by atoms with Crippen molar-refractivity contribution in [3.05, 3.63) is 72.1 Å². The highest BCUT2D eigenvalue weighted by atomic mass is 16.5. The molecule has 12 heteroatoms. The third-order valence-corrected chi connectivity index (χ3v) is 5.57. The lowest BCUT2D eigenvalue weighted by molar-refractivity contribution is 0.0901. The Morgan fingerprint density at radius 3 is 2.61 bits per heavy atom. The highest BCUT2D eigenvalue weighted by Gasteiger charge is 2.56. The van der Waals surface area contributed by atoms with Crippen molar-refractivity contribution in [1.82, 2.24) is 50.8 Å². The van der Waals surface area contributed by atoms with Gasteiger partial charge < -0.3 is 24.9 Å². The normalized spacial score (nSPS) is 21.7. The average molecular weight is 419 g/mol. The van der Waals surface area contributed by atoms with Gasteiger partial charge in [0.2, 0.25) is 5.95 Å². The maximum atomic E-state index is 6.84. The fourth-order valence-corrected chi connectivity index (χ4v) is 4.24. The minimum absolute atomic E-state index is 0.608. The van der Waals surface area contributed by atoms with Crippen molar-refractivity contribution in [3.63, 3.8) is 0 Å². The van der Waals surface area contributed by atoms with Crippen molar-refractivity contribution in [2.24, 2.45) is 0 Å². The molecule has 0 aliphatic carbocycles. The largest absolute Gasteiger partial charge is 0.449 e. The van der Waals surface area contributed by atoms with Crippen molar-refractivity contribution < 1.29 is 4.74 Å². The number of piperazine rings is 1. The van der Waals surface area contributed by atoms with Gasteiger partial charge in [0.05, 0.1) is 11.9 Å². The highest BCUT2D eigenvalue weighted by molar-refractivity contribution is 5.71. The molecule has 158 valence electrons. The predicted molar refractivity (Wildman–Crippen MR) is 110 cm³/mol. The van der Waals surface area contributed by atoms with Gasteiger partial charge in [-0.3, -0.25) is 5.10 Å². The summed E-state index contributed by atoms with van der Waals surface area (Å²) in [5.74, 6) is 2.10. The minimum Gasteiger partial charge on any atom is -0.449 e. The topological polar surface area (TPSA) is 142 Å². The second-order valence-electron chi connectivity index (χ2n) is 7.29. The quantitative estimate of drug-likeness (QED) is 0.316. The first-order chi connectivity index (χ1) is 15.4. The van der Waals surface area contributed by atoms with Gasteiger partial charge in [-0.1, -0.05) is 0 Å². The van der Waals surface area contributed by atoms with E-state index in [9.17, 15) is 0 Å². The molecule has 4 aromatic heterocycles. The average Bonchev–Trinajstić information content (AvgIpc) is 3.64. The Labute approximate surface area is 176 Å². The molecule has 0 spiro atoms. The van der Waals surface area contributed by atoms with E-state index in [1.807, 2.05) is 24.4 Å². The molecule has 31 heavy (non-hydrogen) atoms. The molecule has 0 saturated carbocycles. The zero-order valence-corrected chi connectivity index (χ0v) is 16.5. The summed E-state index contributed by atoms with van der Waals surface area (Å²) in [6, 6.07) is 5.82. The first-order valence-electron chi connectivity index (χ1n) is 10.1. The van der Waals surface area contributed by atoms with Crippen LogP contribution in [0.3, 0.4) is 0 Å². The van der Waals surface area contributed by atoms with Gasteiger partial charge in [-0.15, -0.1) is 0 Å². The molecule has 5 N–H and O–H groups in total. The molecular formula is C19H21N11O. The first-order valence-corrected chi connectivity index (χ1v) is 10.1. The van der Waals surface area contributed by atoms with Gasteiger partial charge in [0, 0.05) is 51.0 Å². The van der Waals surface area contributed by atoms with Gasteiger partial charge in [-0.2, -0.15) is 20.5 Å². The number of aromatic amines is 4. The van der Waals surface area contributed by atoms with Crippen LogP contribution in [-0.4, -0.2) is 71.6 Å². The Kier molecular flexibility index (Phi) is 4.02. The van der Waals surface area contributed by atoms with Gasteiger partial charge in [-0.25, -0.2) is 9.88 Å². The van der Waals surface area contributed by atoms with Gasteiger partial charge in [0.15, 0.2) is 17.3 Å². The number of H-pyrrole nitrogens is 4. The summed E-state index contributed by atoms with van der Waals surface area (Å²) < 4.78 is 6.84. The number of imidazole rings is 1. The molecule has 2 aliphatic heterocycles. The summed E-state index contributed by atoms with van der Waals surface area (Å²) >= 11 is 0. The molecule has 6 heterocycles. The SMILES string of the molecule is c1c[nH]c(C2(c3ccn[nH]3)OC(c3cn[nH]n3)=C(N3CCNCC3)N2c2ncc[nH]2)c1. The monoisotopic (exact) mass is 419 g/mol. The molecule has 2 aliphatic rings. The second kappa shape index (κ2) is 7.02. The smallest absolute Gasteiger partial charge is 0.274 e. The van der Waals surface area contributed by atoms with Gasteiger partial charge in [0.1, 0.15) is 5.69 Å². The summed E-state index contributed by atoms with van der Waals surface area (Å²) in [5.41, 5.74) is 1.07. The molecule has 1 unspecified atom stereocenters. The lowest BCUT2D eigenvalue weighted by atomic mass is 10.0. The van der Waals surface area contributed by atoms with Gasteiger partial charge in [-0.05, 0) is 18.2 Å². The van der Waals surface area contributed by atoms with Crippen molar-refractivity contribution in [2.75, 3.05) is 31.1 Å². The predicted octanol–water partition coefficient (Wildman–Crippen LogP) is 0.548. The number of hydrogen-bond donors (Lipinski definition) is 5. The van der Waals surface area contributed by atoms with Gasteiger partial charge >= 0.3 is 0 Å². The zero-order chi connectivity index (χ0) is 20.7. The molecule has 4 aromatic rings. The number of aromatic nitrogens is 8. The van der Waals surface area contributed by atoms with Crippen molar-refractivity contribution in [3.8, 4) is 0 Å². The lowest BCUT2D eigenvalue weighted by Crippen LogP contribution is -2.52. The Bertz CT molecular complexity index is 1110. The van der Waals surface area contributed by atoms with E-state index in [-0.39, 0.29) is 0 Å². The third-order valence-electron chi connectivity index (χ3n) is 5.57. The van der Waals surface area contributed by atoms with Crippen LogP contribution >= 0.6 is 0 Å². The van der Waals surface area contributed by atoms with Crippen LogP contribution < -0.4 is 10.2 Å². The Balaban J connectivity index is 1.63. The van der Waals surface area contributed by atoms with E-state index < -0.39 is 5.72 Å². The molecule has 1 atom stereocenters. The fraction of sp³-hybridized carbons (Fsp3) is 0.263. The molecule has 0 amide bonds. The number of nitrogens with one attached hydrogen (secondary N) is 5. The summed E-state index contributed by atoms with van der Waals surface area (Å²) in [4.78, 5) is 15.5. The molecule has 12 nitrogen and oxygen atoms in total. The number of hydrogen-bond acceptors (Lipinski definition) is 8. The summed E-state index contributed by atoms with van der Waals surface area (Å²) in [6.07, 6.45) is 8.77.